The van der Waals surface area contributed by atoms with Gasteiger partial charge in [0.15, 0.2) is 11.6 Å². The lowest BCUT2D eigenvalue weighted by atomic mass is 10.0. The van der Waals surface area contributed by atoms with Gasteiger partial charge in [-0.05, 0) is 12.8 Å². The minimum atomic E-state index is -4.23. The van der Waals surface area contributed by atoms with Crippen LogP contribution in [0.4, 0.5) is 0 Å². The van der Waals surface area contributed by atoms with Crippen LogP contribution in [0.5, 0.6) is 0 Å². The molecule has 10 nitrogen and oxygen atoms in total. The van der Waals surface area contributed by atoms with Crippen LogP contribution in [0.1, 0.15) is 26.2 Å². The van der Waals surface area contributed by atoms with Crippen LogP contribution < -0.4 is 5.73 Å². The summed E-state index contributed by atoms with van der Waals surface area (Å²) in [5.41, 5.74) is 5.18. The first-order chi connectivity index (χ1) is 13.1. The zero-order chi connectivity index (χ0) is 20.6. The number of carbonyl (C=O) groups is 4. The van der Waals surface area contributed by atoms with Gasteiger partial charge in [-0.3, -0.25) is 19.2 Å². The number of amides is 2. The predicted octanol–water partition coefficient (Wildman–Crippen LogP) is -1.23. The maximum atomic E-state index is 12.9. The third-order valence-corrected chi connectivity index (χ3v) is 7.02. The molecular formula is C17H21N4O6S. The average molecular weight is 409 g/mol. The van der Waals surface area contributed by atoms with Gasteiger partial charge >= 0.3 is 0 Å². The quantitative estimate of drug-likeness (QED) is 0.601. The third kappa shape index (κ3) is 3.51. The summed E-state index contributed by atoms with van der Waals surface area (Å²) in [6.45, 7) is 1.38. The maximum absolute atomic E-state index is 12.9. The fourth-order valence-electron chi connectivity index (χ4n) is 3.61. The lowest BCUT2D eigenvalue weighted by molar-refractivity contribution is -0.133. The Balaban J connectivity index is 1.76. The van der Waals surface area contributed by atoms with E-state index in [1.165, 1.54) is 23.6 Å². The number of hydrogen-bond donors (Lipinski definition) is 1. The van der Waals surface area contributed by atoms with Gasteiger partial charge in [0, 0.05) is 25.1 Å². The Morgan fingerprint density at radius 3 is 2.75 bits per heavy atom. The summed E-state index contributed by atoms with van der Waals surface area (Å²) in [5.74, 6) is -2.54. The third-order valence-electron chi connectivity index (χ3n) is 5.18. The lowest BCUT2D eigenvalue weighted by Crippen LogP contribution is -2.45. The lowest BCUT2D eigenvalue weighted by Gasteiger charge is -2.24. The fraction of sp³-hybridized carbons (Fsp3) is 0.529. The first-order valence-electron chi connectivity index (χ1n) is 8.88. The number of primary amides is 1. The standard InChI is InChI=1S/C17H21N4O6S/c1-10(16(18)25)4-5-14(24)20-8-6-11-15(20)13(23)9-21(11)28(26,27)17-12(22)3-2-7-19-17/h2,5,7,10-11,15H,3-4,6,8-9H2,1H3,(H2,18,25). The molecule has 28 heavy (non-hydrogen) atoms. The van der Waals surface area contributed by atoms with E-state index in [0.29, 0.717) is 0 Å². The largest absolute Gasteiger partial charge is 0.369 e. The van der Waals surface area contributed by atoms with Crippen LogP contribution in [0.3, 0.4) is 0 Å². The molecule has 2 N–H and O–H groups in total. The van der Waals surface area contributed by atoms with Crippen molar-refractivity contribution < 1.29 is 27.6 Å². The molecule has 0 aromatic carbocycles. The summed E-state index contributed by atoms with van der Waals surface area (Å²) >= 11 is 0. The molecule has 0 aliphatic carbocycles. The van der Waals surface area contributed by atoms with Crippen LogP contribution in [-0.4, -0.2) is 71.2 Å². The highest BCUT2D eigenvalue weighted by atomic mass is 32.2. The zero-order valence-electron chi connectivity index (χ0n) is 15.3. The molecule has 3 heterocycles. The van der Waals surface area contributed by atoms with Gasteiger partial charge in [0.2, 0.25) is 16.9 Å². The molecule has 3 aliphatic rings. The van der Waals surface area contributed by atoms with Gasteiger partial charge in [0.1, 0.15) is 6.04 Å². The molecule has 2 amide bonds. The normalized spacial score (nSPS) is 26.3. The minimum absolute atomic E-state index is 0.0639. The number of carbonyl (C=O) groups excluding carboxylic acids is 4. The van der Waals surface area contributed by atoms with Gasteiger partial charge in [0.05, 0.1) is 19.0 Å². The van der Waals surface area contributed by atoms with Crippen molar-refractivity contribution in [1.29, 1.82) is 0 Å². The van der Waals surface area contributed by atoms with E-state index in [1.54, 1.807) is 6.92 Å². The number of aliphatic imine (C=N–C) groups is 1. The van der Waals surface area contributed by atoms with Crippen LogP contribution in [-0.2, 0) is 29.2 Å². The van der Waals surface area contributed by atoms with E-state index in [4.69, 9.17) is 5.73 Å². The number of Topliss-reactive ketones (excluding diaryl/α,β-unsaturated/α-hetero) is 2. The van der Waals surface area contributed by atoms with Crippen LogP contribution in [0.25, 0.3) is 0 Å². The van der Waals surface area contributed by atoms with Crippen molar-refractivity contribution in [3.05, 3.63) is 18.7 Å². The summed E-state index contributed by atoms with van der Waals surface area (Å²) in [7, 11) is -4.23. The second-order valence-electron chi connectivity index (χ2n) is 7.04. The van der Waals surface area contributed by atoms with Crippen molar-refractivity contribution >= 4 is 38.4 Å². The van der Waals surface area contributed by atoms with Crippen LogP contribution in [0.2, 0.25) is 0 Å². The molecule has 3 atom stereocenters. The van der Waals surface area contributed by atoms with Crippen molar-refractivity contribution in [3.8, 4) is 0 Å². The number of nitrogens with two attached hydrogens (primary N) is 1. The molecule has 3 aliphatic heterocycles. The van der Waals surface area contributed by atoms with E-state index in [0.717, 1.165) is 4.31 Å². The first-order valence-corrected chi connectivity index (χ1v) is 10.3. The molecule has 3 unspecified atom stereocenters. The van der Waals surface area contributed by atoms with Crippen molar-refractivity contribution in [3.63, 3.8) is 0 Å². The summed E-state index contributed by atoms with van der Waals surface area (Å²) in [6, 6.07) is -1.64. The SMILES string of the molecule is CC(C[CH]C(=O)N1CCC2C1C(=O)CN2S(=O)(=O)C1=NC=CCC1=O)C(N)=O. The molecule has 11 heteroatoms. The maximum Gasteiger partial charge on any atom is 0.264 e. The first kappa shape index (κ1) is 20.3. The number of fused-ring (bicyclic) bond motifs is 1. The second-order valence-corrected chi connectivity index (χ2v) is 8.84. The van der Waals surface area contributed by atoms with E-state index >= 15 is 0 Å². The number of ketones is 2. The molecule has 1 radical (unpaired) electrons. The van der Waals surface area contributed by atoms with Crippen molar-refractivity contribution in [2.45, 2.75) is 38.3 Å². The molecule has 0 spiro atoms. The van der Waals surface area contributed by atoms with Gasteiger partial charge in [0.25, 0.3) is 10.0 Å². The topological polar surface area (TPSA) is 147 Å². The minimum Gasteiger partial charge on any atom is -0.369 e. The van der Waals surface area contributed by atoms with Gasteiger partial charge in [-0.25, -0.2) is 13.4 Å². The number of hydrogen-bond acceptors (Lipinski definition) is 7. The monoisotopic (exact) mass is 409 g/mol. The molecule has 2 saturated heterocycles. The highest BCUT2D eigenvalue weighted by Gasteiger charge is 2.54. The molecule has 0 bridgehead atoms. The predicted molar refractivity (Wildman–Crippen MR) is 98.0 cm³/mol. The van der Waals surface area contributed by atoms with E-state index in [1.807, 2.05) is 0 Å². The summed E-state index contributed by atoms with van der Waals surface area (Å²) in [4.78, 5) is 53.1. The van der Waals surface area contributed by atoms with Crippen molar-refractivity contribution in [2.24, 2.45) is 16.6 Å². The summed E-state index contributed by atoms with van der Waals surface area (Å²) in [5, 5.41) is -0.574. The highest BCUT2D eigenvalue weighted by Crippen LogP contribution is 2.33. The van der Waals surface area contributed by atoms with Crippen LogP contribution in [0.15, 0.2) is 17.3 Å². The van der Waals surface area contributed by atoms with Crippen LogP contribution >= 0.6 is 0 Å². The molecule has 0 aromatic heterocycles. The second kappa shape index (κ2) is 7.55. The Kier molecular flexibility index (Phi) is 5.48. The van der Waals surface area contributed by atoms with Gasteiger partial charge in [-0.1, -0.05) is 13.0 Å². The van der Waals surface area contributed by atoms with Gasteiger partial charge < -0.3 is 10.6 Å². The molecule has 0 saturated carbocycles. The Hall–Kier alpha value is -2.40. The van der Waals surface area contributed by atoms with Crippen LogP contribution in [0, 0.1) is 12.3 Å². The van der Waals surface area contributed by atoms with Gasteiger partial charge in [-0.15, -0.1) is 0 Å². The van der Waals surface area contributed by atoms with E-state index < -0.39 is 63.0 Å². The summed E-state index contributed by atoms with van der Waals surface area (Å²) < 4.78 is 26.7. The Morgan fingerprint density at radius 2 is 2.11 bits per heavy atom. The average Bonchev–Trinajstić information content (AvgIpc) is 3.21. The van der Waals surface area contributed by atoms with Gasteiger partial charge in [-0.2, -0.15) is 4.31 Å². The molecular weight excluding hydrogens is 388 g/mol. The van der Waals surface area contributed by atoms with Crippen molar-refractivity contribution in [1.82, 2.24) is 9.21 Å². The Labute approximate surface area is 162 Å². The Bertz CT molecular complexity index is 893. The van der Waals surface area contributed by atoms with E-state index in [9.17, 15) is 27.6 Å². The molecule has 151 valence electrons. The fourth-order valence-corrected chi connectivity index (χ4v) is 5.27. The highest BCUT2D eigenvalue weighted by molar-refractivity contribution is 8.06. The molecule has 0 aromatic rings. The Morgan fingerprint density at radius 1 is 1.39 bits per heavy atom. The molecule has 3 rings (SSSR count). The smallest absolute Gasteiger partial charge is 0.264 e. The number of nitrogens with zero attached hydrogens (tertiary/aromatic N) is 3. The van der Waals surface area contributed by atoms with E-state index in [2.05, 4.69) is 4.99 Å². The molecule has 2 fully saturated rings. The number of likely N-dealkylation sites (tertiary alicyclic amines) is 1. The number of allylic oxidation sites excluding steroid dienone is 1. The summed E-state index contributed by atoms with van der Waals surface area (Å²) in [6.07, 6.45) is 4.35. The number of sulfonamides is 1. The number of rotatable bonds is 5. The van der Waals surface area contributed by atoms with E-state index in [-0.39, 0.29) is 25.8 Å². The zero-order valence-corrected chi connectivity index (χ0v) is 16.1. The van der Waals surface area contributed by atoms with Crippen molar-refractivity contribution in [2.75, 3.05) is 13.1 Å².